The highest BCUT2D eigenvalue weighted by Crippen LogP contribution is 2.23. The van der Waals surface area contributed by atoms with Crippen molar-refractivity contribution in [2.45, 2.75) is 79.7 Å². The fourth-order valence-corrected chi connectivity index (χ4v) is 2.70. The predicted molar refractivity (Wildman–Crippen MR) is 89.8 cm³/mol. The Hall–Kier alpha value is -0.740. The number of carbonyl (C=O) groups excluding carboxylic acids is 2. The van der Waals surface area contributed by atoms with E-state index in [4.69, 9.17) is 0 Å². The lowest BCUT2D eigenvalue weighted by molar-refractivity contribution is -0.143. The fourth-order valence-electron chi connectivity index (χ4n) is 2.70. The van der Waals surface area contributed by atoms with Crippen molar-refractivity contribution in [1.82, 2.24) is 5.48 Å². The number of Topliss-reactive ketones (excluding diaryl/α,β-unsaturated/α-hetero) is 2. The SMILES string of the molecule is CC[C@H](C)[C@H](NO)C(=O)C(=O)[C@@H](CCCCC(C)C)C(C)C. The van der Waals surface area contributed by atoms with Crippen molar-refractivity contribution < 1.29 is 14.8 Å². The molecule has 0 aliphatic carbocycles. The van der Waals surface area contributed by atoms with Crippen molar-refractivity contribution in [1.29, 1.82) is 0 Å². The zero-order valence-electron chi connectivity index (χ0n) is 15.2. The van der Waals surface area contributed by atoms with Gasteiger partial charge in [0.05, 0.1) is 0 Å². The van der Waals surface area contributed by atoms with Crippen LogP contribution in [0.1, 0.15) is 73.6 Å². The second-order valence-corrected chi connectivity index (χ2v) is 7.25. The van der Waals surface area contributed by atoms with Gasteiger partial charge in [-0.1, -0.05) is 67.2 Å². The fraction of sp³-hybridized carbons (Fsp3) is 0.889. The molecule has 0 rings (SSSR count). The molecule has 0 aromatic rings. The van der Waals surface area contributed by atoms with Gasteiger partial charge in [-0.2, -0.15) is 5.48 Å². The second-order valence-electron chi connectivity index (χ2n) is 7.25. The summed E-state index contributed by atoms with van der Waals surface area (Å²) in [7, 11) is 0. The van der Waals surface area contributed by atoms with Crippen molar-refractivity contribution in [2.75, 3.05) is 0 Å². The molecule has 4 heteroatoms. The summed E-state index contributed by atoms with van der Waals surface area (Å²) in [5, 5.41) is 9.22. The Morgan fingerprint density at radius 2 is 1.50 bits per heavy atom. The molecule has 22 heavy (non-hydrogen) atoms. The molecule has 0 aliphatic heterocycles. The molecular formula is C18H35NO3. The maximum absolute atomic E-state index is 12.5. The molecule has 0 fully saturated rings. The minimum Gasteiger partial charge on any atom is -0.316 e. The van der Waals surface area contributed by atoms with Crippen LogP contribution in [0.5, 0.6) is 0 Å². The predicted octanol–water partition coefficient (Wildman–Crippen LogP) is 4.01. The Morgan fingerprint density at radius 3 is 1.91 bits per heavy atom. The van der Waals surface area contributed by atoms with Gasteiger partial charge >= 0.3 is 0 Å². The molecule has 0 heterocycles. The van der Waals surface area contributed by atoms with Crippen molar-refractivity contribution >= 4 is 11.6 Å². The largest absolute Gasteiger partial charge is 0.316 e. The molecule has 0 bridgehead atoms. The minimum absolute atomic E-state index is 0.0600. The third-order valence-electron chi connectivity index (χ3n) is 4.57. The summed E-state index contributed by atoms with van der Waals surface area (Å²) in [6.45, 7) is 12.2. The zero-order valence-corrected chi connectivity index (χ0v) is 15.2. The van der Waals surface area contributed by atoms with Crippen molar-refractivity contribution in [3.8, 4) is 0 Å². The Balaban J connectivity index is 4.73. The van der Waals surface area contributed by atoms with Gasteiger partial charge in [0, 0.05) is 5.92 Å². The summed E-state index contributed by atoms with van der Waals surface area (Å²) in [5.41, 5.74) is 2.04. The molecule has 0 radical (unpaired) electrons. The average Bonchev–Trinajstić information content (AvgIpc) is 2.46. The Labute approximate surface area is 136 Å². The van der Waals surface area contributed by atoms with Crippen LogP contribution in [0.15, 0.2) is 0 Å². The minimum atomic E-state index is -0.783. The highest BCUT2D eigenvalue weighted by molar-refractivity contribution is 6.40. The monoisotopic (exact) mass is 313 g/mol. The van der Waals surface area contributed by atoms with Crippen LogP contribution in [-0.4, -0.2) is 22.8 Å². The average molecular weight is 313 g/mol. The Kier molecular flexibility index (Phi) is 10.5. The number of hydroxylamine groups is 1. The molecule has 4 nitrogen and oxygen atoms in total. The van der Waals surface area contributed by atoms with E-state index in [0.29, 0.717) is 5.92 Å². The number of nitrogens with one attached hydrogen (secondary N) is 1. The zero-order chi connectivity index (χ0) is 17.3. The van der Waals surface area contributed by atoms with Crippen LogP contribution >= 0.6 is 0 Å². The van der Waals surface area contributed by atoms with E-state index in [1.54, 1.807) is 0 Å². The smallest absolute Gasteiger partial charge is 0.218 e. The van der Waals surface area contributed by atoms with Gasteiger partial charge in [-0.3, -0.25) is 9.59 Å². The van der Waals surface area contributed by atoms with Crippen LogP contribution in [0, 0.1) is 23.7 Å². The molecule has 0 spiro atoms. The van der Waals surface area contributed by atoms with Crippen LogP contribution in [0.2, 0.25) is 0 Å². The number of hydrogen-bond donors (Lipinski definition) is 2. The quantitative estimate of drug-likeness (QED) is 0.324. The Bertz CT molecular complexity index is 339. The van der Waals surface area contributed by atoms with Gasteiger partial charge in [0.2, 0.25) is 11.6 Å². The third kappa shape index (κ3) is 7.01. The first-order chi connectivity index (χ1) is 10.3. The number of carbonyl (C=O) groups is 2. The van der Waals surface area contributed by atoms with Gasteiger partial charge in [-0.05, 0) is 24.2 Å². The Morgan fingerprint density at radius 1 is 0.955 bits per heavy atom. The van der Waals surface area contributed by atoms with E-state index < -0.39 is 11.8 Å². The van der Waals surface area contributed by atoms with Gasteiger partial charge in [-0.25, -0.2) is 0 Å². The van der Waals surface area contributed by atoms with E-state index in [9.17, 15) is 14.8 Å². The van der Waals surface area contributed by atoms with Crippen molar-refractivity contribution in [3.63, 3.8) is 0 Å². The van der Waals surface area contributed by atoms with Gasteiger partial charge in [0.15, 0.2) is 0 Å². The van der Waals surface area contributed by atoms with Crippen LogP contribution in [0.3, 0.4) is 0 Å². The number of unbranched alkanes of at least 4 members (excludes halogenated alkanes) is 1. The van der Waals surface area contributed by atoms with E-state index >= 15 is 0 Å². The van der Waals surface area contributed by atoms with Crippen molar-refractivity contribution in [2.24, 2.45) is 23.7 Å². The summed E-state index contributed by atoms with van der Waals surface area (Å²) >= 11 is 0. The molecule has 130 valence electrons. The lowest BCUT2D eigenvalue weighted by Gasteiger charge is -2.24. The molecule has 0 amide bonds. The van der Waals surface area contributed by atoms with Crippen molar-refractivity contribution in [3.05, 3.63) is 0 Å². The molecule has 3 atom stereocenters. The molecule has 0 unspecified atom stereocenters. The van der Waals surface area contributed by atoms with E-state index in [1.165, 1.54) is 0 Å². The summed E-state index contributed by atoms with van der Waals surface area (Å²) in [6.07, 6.45) is 4.71. The summed E-state index contributed by atoms with van der Waals surface area (Å²) in [6, 6.07) is -0.783. The highest BCUT2D eigenvalue weighted by atomic mass is 16.5. The first kappa shape index (κ1) is 21.3. The highest BCUT2D eigenvalue weighted by Gasteiger charge is 2.34. The summed E-state index contributed by atoms with van der Waals surface area (Å²) in [5.74, 6) is -0.282. The number of rotatable bonds is 12. The molecule has 0 saturated heterocycles. The normalized spacial score (nSPS) is 15.9. The van der Waals surface area contributed by atoms with E-state index in [0.717, 1.165) is 32.1 Å². The maximum atomic E-state index is 12.5. The van der Waals surface area contributed by atoms with Crippen LogP contribution in [0.25, 0.3) is 0 Å². The van der Waals surface area contributed by atoms with Crippen LogP contribution in [0.4, 0.5) is 0 Å². The maximum Gasteiger partial charge on any atom is 0.218 e. The van der Waals surface area contributed by atoms with Gasteiger partial charge in [0.25, 0.3) is 0 Å². The summed E-state index contributed by atoms with van der Waals surface area (Å²) < 4.78 is 0. The van der Waals surface area contributed by atoms with Gasteiger partial charge in [0.1, 0.15) is 6.04 Å². The summed E-state index contributed by atoms with van der Waals surface area (Å²) in [4.78, 5) is 24.9. The molecule has 0 aromatic carbocycles. The number of hydrogen-bond acceptors (Lipinski definition) is 4. The molecule has 2 N–H and O–H groups in total. The van der Waals surface area contributed by atoms with Crippen LogP contribution in [-0.2, 0) is 9.59 Å². The van der Waals surface area contributed by atoms with E-state index in [2.05, 4.69) is 13.8 Å². The first-order valence-electron chi connectivity index (χ1n) is 8.73. The van der Waals surface area contributed by atoms with E-state index in [1.807, 2.05) is 33.2 Å². The number of ketones is 2. The second kappa shape index (κ2) is 10.9. The van der Waals surface area contributed by atoms with Crippen LogP contribution < -0.4 is 5.48 Å². The molecular weight excluding hydrogens is 278 g/mol. The first-order valence-corrected chi connectivity index (χ1v) is 8.73. The molecule has 0 aromatic heterocycles. The van der Waals surface area contributed by atoms with Gasteiger partial charge in [-0.15, -0.1) is 0 Å². The standard InChI is InChI=1S/C18H35NO3/c1-7-14(6)16(19-22)18(21)17(20)15(13(4)5)11-9-8-10-12(2)3/h12-16,19,22H,7-11H2,1-6H3/t14-,15-,16-/m0/s1. The topological polar surface area (TPSA) is 66.4 Å². The molecule has 0 saturated carbocycles. The lowest BCUT2D eigenvalue weighted by Crippen LogP contribution is -2.46. The lowest BCUT2D eigenvalue weighted by atomic mass is 9.81. The molecule has 0 aliphatic rings. The van der Waals surface area contributed by atoms with Gasteiger partial charge < -0.3 is 5.21 Å². The third-order valence-corrected chi connectivity index (χ3v) is 4.57. The van der Waals surface area contributed by atoms with E-state index in [-0.39, 0.29) is 23.5 Å².